The standard InChI is InChI=1S/C13H18N2O.C11H15N3.C11H15NS.C10H10N2O2.C10H12N2.C10H13NO2.C10H11N.C9H12N2O2.C9H10N2.C8H12N2O2.C8H10N2O2/c1-5-13(3,6-2)12-10(9-14)11(16-4)7-8-15-12;1-4-11(3,5-2)10-9(8-12)13-6-7-14-10;1-4-11(3,5-2)10-9(8-12)6-7-13-10;1-7(2)9-6-8(11-3)4-5-10(9)12(13)14;1-7(2)10-9(6-11)5-4-8(3)12-10;1-7(2)9-6-8(3)4-5-10(9)11(12)13;1-8(2)10-6-4-3-5-9(10)7-11;1-6(2)9-8(11(12)13)5-4-7(3)10-9;1-7(2)9-8(6-10)4-3-5-11-9;1-5(2)7-4-6(3)9-8(7)10(11)12;1-6(2)8-7(10(11)12)4-3-5-9-8/h7-8H,5-6H2,1-4H3;6-7H,4-5H2,1-3H3;6-7H,4-5H2,1-3H3;4-7H,1-2H3;4-5,7H,1-3H3;4-7H,1-3H3;3-6,8H,1-2H3;4-6H,1-3H3;3-5,7H,1-2H3;4-6H,1-3H3;3-6H,1-2H3. The zero-order valence-corrected chi connectivity index (χ0v) is 88.2. The minimum Gasteiger partial charge on any atom is -0.495 e. The van der Waals surface area contributed by atoms with E-state index in [9.17, 15) is 55.8 Å². The molecule has 1 aliphatic heterocycles. The van der Waals surface area contributed by atoms with Gasteiger partial charge in [-0.1, -0.05) is 208 Å². The van der Waals surface area contributed by atoms with Gasteiger partial charge in [0.1, 0.15) is 53.0 Å². The Hall–Kier alpha value is -15.2. The number of nitro benzene ring substituents is 2. The third kappa shape index (κ3) is 38.6. The minimum absolute atomic E-state index is 0.0284. The van der Waals surface area contributed by atoms with Crippen molar-refractivity contribution in [2.45, 2.75) is 303 Å². The predicted molar refractivity (Wildman–Crippen MR) is 558 cm³/mol. The summed E-state index contributed by atoms with van der Waals surface area (Å²) in [6, 6.07) is 47.5. The number of nitriles is 6. The molecule has 32 heteroatoms. The SMILES string of the molecule is CC(C)c1ccccc1C#N.CC(C)c1ncccc1C#N.CC(C)c1ncccc1[N+](=O)[O-].CC1C=C(C(C)C)C([N+](=O)[O-])=N1.CCC(C)(CC)c1nccc(OC)c1C#N.CCC(C)(CC)c1nccnc1C#N.CCC(C)(CC)c1sccc1C#N.Cc1ccc(C#N)c(C(C)C)n1.Cc1ccc([N+](=O)[O-])c(C(C)C)c1.Cc1ccc([N+](=O)[O-])c(C(C)C)n1.[C-]#[N+]c1ccc([N+](=O)[O-])c(C(C)C)c1. The molecule has 0 bridgehead atoms. The molecule has 0 radical (unpaired) electrons. The van der Waals surface area contributed by atoms with Crippen LogP contribution in [0.3, 0.4) is 0 Å². The quantitative estimate of drug-likeness (QED) is 0.0345. The summed E-state index contributed by atoms with van der Waals surface area (Å²) < 4.78 is 5.20. The van der Waals surface area contributed by atoms with Crippen LogP contribution in [0, 0.1) is 152 Å². The number of nitrogens with zero attached hydrogens (tertiary/aromatic N) is 20. The lowest BCUT2D eigenvalue weighted by Crippen LogP contribution is -2.23. The highest BCUT2D eigenvalue weighted by Gasteiger charge is 2.33. The lowest BCUT2D eigenvalue weighted by Gasteiger charge is -2.27. The second-order valence-electron chi connectivity index (χ2n) is 36.1. The van der Waals surface area contributed by atoms with Crippen LogP contribution >= 0.6 is 11.3 Å². The molecule has 0 spiro atoms. The Kier molecular flexibility index (Phi) is 54.4. The van der Waals surface area contributed by atoms with E-state index in [2.05, 4.69) is 157 Å². The van der Waals surface area contributed by atoms with Crippen LogP contribution in [0.1, 0.15) is 366 Å². The first kappa shape index (κ1) is 124. The largest absolute Gasteiger partial charge is 0.495 e. The highest BCUT2D eigenvalue weighted by Crippen LogP contribution is 2.39. The first-order valence-corrected chi connectivity index (χ1v) is 47.7. The number of aryl methyl sites for hydroxylation is 3. The van der Waals surface area contributed by atoms with Gasteiger partial charge >= 0.3 is 5.84 Å². The van der Waals surface area contributed by atoms with Gasteiger partial charge < -0.3 is 14.9 Å². The lowest BCUT2D eigenvalue weighted by molar-refractivity contribution is -0.386. The third-order valence-corrected chi connectivity index (χ3v) is 24.5. The minimum atomic E-state index is -0.414. The summed E-state index contributed by atoms with van der Waals surface area (Å²) in [7, 11) is 1.58. The molecule has 11 rings (SSSR count). The summed E-state index contributed by atoms with van der Waals surface area (Å²) in [6.45, 7) is 65.1. The van der Waals surface area contributed by atoms with Gasteiger partial charge in [-0.2, -0.15) is 31.6 Å². The highest BCUT2D eigenvalue weighted by molar-refractivity contribution is 7.10. The number of rotatable bonds is 22. The number of ether oxygens (including phenoxy) is 1. The Morgan fingerprint density at radius 2 is 0.851 bits per heavy atom. The maximum Gasteiger partial charge on any atom is 0.362 e. The van der Waals surface area contributed by atoms with E-state index in [0.29, 0.717) is 68.5 Å². The van der Waals surface area contributed by atoms with Crippen molar-refractivity contribution in [1.29, 1.82) is 31.6 Å². The normalized spacial score (nSPS) is 11.4. The van der Waals surface area contributed by atoms with Crippen molar-refractivity contribution in [3.05, 3.63) is 338 Å². The molecule has 31 nitrogen and oxygen atoms in total. The molecule has 1 atom stereocenters. The average molecular weight is 1940 g/mol. The summed E-state index contributed by atoms with van der Waals surface area (Å²) in [5.74, 6) is 2.33. The molecular formula is C109H138N20O11S. The summed E-state index contributed by atoms with van der Waals surface area (Å²) >= 11 is 1.71. The number of hydrogen-bond donors (Lipinski definition) is 0. The van der Waals surface area contributed by atoms with Crippen LogP contribution in [0.25, 0.3) is 4.85 Å². The number of thiophene rings is 1. The molecule has 746 valence electrons. The molecule has 3 aromatic carbocycles. The highest BCUT2D eigenvalue weighted by atomic mass is 32.1. The third-order valence-electron chi connectivity index (χ3n) is 23.3. The van der Waals surface area contributed by atoms with E-state index in [0.717, 1.165) is 106 Å². The number of amidine groups is 1. The second-order valence-corrected chi connectivity index (χ2v) is 37.0. The summed E-state index contributed by atoms with van der Waals surface area (Å²) in [5, 5.41) is 108. The first-order valence-electron chi connectivity index (χ1n) is 46.8. The molecule has 0 fully saturated rings. The van der Waals surface area contributed by atoms with Crippen molar-refractivity contribution in [1.82, 2.24) is 34.9 Å². The Balaban J connectivity index is 0.000000777. The van der Waals surface area contributed by atoms with Gasteiger partial charge in [-0.3, -0.25) is 70.4 Å². The molecule has 10 aromatic rings. The van der Waals surface area contributed by atoms with Crippen LogP contribution in [-0.2, 0) is 16.2 Å². The van der Waals surface area contributed by atoms with Gasteiger partial charge in [0.25, 0.3) is 22.7 Å². The number of hydrogen-bond acceptors (Lipinski definition) is 26. The number of pyridine rings is 5. The fourth-order valence-corrected chi connectivity index (χ4v) is 14.9. The molecule has 7 aromatic heterocycles. The topological polar surface area (TPSA) is 475 Å². The van der Waals surface area contributed by atoms with Crippen LogP contribution in [-0.4, -0.2) is 78.5 Å². The van der Waals surface area contributed by atoms with E-state index in [1.54, 1.807) is 98.0 Å². The van der Waals surface area contributed by atoms with Gasteiger partial charge in [0.15, 0.2) is 17.4 Å². The van der Waals surface area contributed by atoms with Crippen molar-refractivity contribution in [2.75, 3.05) is 7.11 Å². The molecule has 141 heavy (non-hydrogen) atoms. The Labute approximate surface area is 837 Å². The molecule has 1 aliphatic rings. The van der Waals surface area contributed by atoms with E-state index >= 15 is 0 Å². The van der Waals surface area contributed by atoms with E-state index < -0.39 is 14.8 Å². The molecule has 0 saturated carbocycles. The van der Waals surface area contributed by atoms with Gasteiger partial charge in [-0.15, -0.1) is 11.3 Å². The van der Waals surface area contributed by atoms with Crippen molar-refractivity contribution in [3.63, 3.8) is 0 Å². The maximum absolute atomic E-state index is 10.7. The lowest BCUT2D eigenvalue weighted by atomic mass is 9.79. The number of nitro groups is 5. The van der Waals surface area contributed by atoms with Crippen molar-refractivity contribution >= 4 is 45.6 Å². The fraction of sp³-hybridized carbons (Fsp3) is 0.440. The van der Waals surface area contributed by atoms with Gasteiger partial charge in [0.05, 0.1) is 90.0 Å². The van der Waals surface area contributed by atoms with E-state index in [-0.39, 0.29) is 90.3 Å². The Bertz CT molecular complexity index is 6030. The smallest absolute Gasteiger partial charge is 0.362 e. The van der Waals surface area contributed by atoms with Crippen molar-refractivity contribution in [3.8, 4) is 42.2 Å². The number of aromatic nitrogens is 7. The number of aliphatic imine (C=N–C) groups is 1. The van der Waals surface area contributed by atoms with E-state index in [1.165, 1.54) is 29.1 Å². The molecule has 1 unspecified atom stereocenters. The second kappa shape index (κ2) is 61.9. The number of benzene rings is 3. The molecule has 0 amide bonds. The van der Waals surface area contributed by atoms with Gasteiger partial charge in [0.2, 0.25) is 0 Å². The molecular weight excluding hydrogens is 1800 g/mol. The fourth-order valence-electron chi connectivity index (χ4n) is 13.8. The first-order chi connectivity index (χ1) is 66.4. The predicted octanol–water partition coefficient (Wildman–Crippen LogP) is 28.8. The molecule has 0 N–H and O–H groups in total. The number of methoxy groups -OCH3 is 1. The molecule has 0 aliphatic carbocycles. The van der Waals surface area contributed by atoms with Crippen molar-refractivity contribution in [2.24, 2.45) is 10.9 Å². The van der Waals surface area contributed by atoms with Crippen LogP contribution in [0.5, 0.6) is 5.75 Å². The Morgan fingerprint density at radius 3 is 1.28 bits per heavy atom. The molecule has 0 saturated heterocycles. The zero-order chi connectivity index (χ0) is 108. The summed E-state index contributed by atoms with van der Waals surface area (Å²) in [6.07, 6.45) is 16.1. The zero-order valence-electron chi connectivity index (χ0n) is 87.4. The van der Waals surface area contributed by atoms with Crippen LogP contribution < -0.4 is 4.74 Å². The van der Waals surface area contributed by atoms with Crippen molar-refractivity contribution < 1.29 is 29.4 Å². The summed E-state index contributed by atoms with van der Waals surface area (Å²) in [5.41, 5.74) is 15.9. The van der Waals surface area contributed by atoms with E-state index in [1.807, 2.05) is 185 Å². The summed E-state index contributed by atoms with van der Waals surface area (Å²) in [4.78, 5) is 88.6. The van der Waals surface area contributed by atoms with Crippen LogP contribution in [0.2, 0.25) is 0 Å². The maximum atomic E-state index is 10.7. The van der Waals surface area contributed by atoms with Gasteiger partial charge in [-0.05, 0) is 196 Å². The monoisotopic (exact) mass is 1940 g/mol. The Morgan fingerprint density at radius 1 is 0.418 bits per heavy atom. The van der Waals surface area contributed by atoms with Gasteiger partial charge in [0, 0.05) is 111 Å². The average Bonchev–Trinajstić information content (AvgIpc) is 1.33. The van der Waals surface area contributed by atoms with Crippen LogP contribution in [0.4, 0.5) is 28.4 Å². The van der Waals surface area contributed by atoms with E-state index in [4.69, 9.17) is 37.6 Å². The van der Waals surface area contributed by atoms with Gasteiger partial charge in [-0.25, -0.2) is 9.83 Å². The molecule has 8 heterocycles. The van der Waals surface area contributed by atoms with Crippen LogP contribution in [0.15, 0.2) is 174 Å².